The summed E-state index contributed by atoms with van der Waals surface area (Å²) in [5.74, 6) is 0. The maximum atomic E-state index is 11.9. The summed E-state index contributed by atoms with van der Waals surface area (Å²) in [5.41, 5.74) is 0. The van der Waals surface area contributed by atoms with Gasteiger partial charge in [-0.15, -0.1) is 0 Å². The van der Waals surface area contributed by atoms with E-state index in [1.165, 1.54) is 6.92 Å². The lowest BCUT2D eigenvalue weighted by Gasteiger charge is -2.06. The molecule has 0 amide bonds. The van der Waals surface area contributed by atoms with E-state index in [1.54, 1.807) is 27.7 Å². The van der Waals surface area contributed by atoms with Crippen molar-refractivity contribution >= 4 is 0 Å². The average Bonchev–Trinajstić information content (AvgIpc) is 2.25. The number of hydrogen-bond acceptors (Lipinski definition) is 3. The van der Waals surface area contributed by atoms with Crippen molar-refractivity contribution in [2.45, 2.75) is 79.6 Å². The van der Waals surface area contributed by atoms with E-state index >= 15 is 0 Å². The molecule has 0 radical (unpaired) electrons. The molecular formula is C14H30F4O3. The minimum absolute atomic E-state index is 0.0231. The van der Waals surface area contributed by atoms with Gasteiger partial charge in [0, 0.05) is 0 Å². The predicted molar refractivity (Wildman–Crippen MR) is 76.1 cm³/mol. The zero-order chi connectivity index (χ0) is 17.4. The predicted octanol–water partition coefficient (Wildman–Crippen LogP) is 4.74. The Balaban J connectivity index is -0.000000234. The van der Waals surface area contributed by atoms with Crippen molar-refractivity contribution in [2.75, 3.05) is 13.5 Å². The van der Waals surface area contributed by atoms with Gasteiger partial charge in [0.25, 0.3) is 0 Å². The lowest BCUT2D eigenvalue weighted by molar-refractivity contribution is -0.152. The number of rotatable bonds is 7. The van der Waals surface area contributed by atoms with Gasteiger partial charge >= 0.3 is 6.61 Å². The molecule has 0 aromatic rings. The summed E-state index contributed by atoms with van der Waals surface area (Å²) in [6, 6.07) is 0. The van der Waals surface area contributed by atoms with E-state index in [1.807, 2.05) is 13.8 Å². The average molecular weight is 322 g/mol. The molecule has 0 N–H and O–H groups in total. The topological polar surface area (TPSA) is 27.7 Å². The first kappa shape index (κ1) is 25.5. The second-order valence-corrected chi connectivity index (χ2v) is 4.93. The molecular weight excluding hydrogens is 292 g/mol. The Kier molecular flexibility index (Phi) is 21.5. The minimum Gasteiger partial charge on any atom is -0.376 e. The molecule has 3 nitrogen and oxygen atoms in total. The lowest BCUT2D eigenvalue weighted by Crippen LogP contribution is -2.10. The number of halogens is 4. The molecule has 21 heavy (non-hydrogen) atoms. The highest BCUT2D eigenvalue weighted by atomic mass is 19.3. The Labute approximate surface area is 125 Å². The van der Waals surface area contributed by atoms with E-state index < -0.39 is 19.6 Å². The zero-order valence-corrected chi connectivity index (χ0v) is 14.0. The van der Waals surface area contributed by atoms with Crippen LogP contribution >= 0.6 is 0 Å². The highest BCUT2D eigenvalue weighted by Crippen LogP contribution is 1.98. The number of hydrogen-bond donors (Lipinski definition) is 0. The second-order valence-electron chi connectivity index (χ2n) is 4.93. The van der Waals surface area contributed by atoms with Crippen LogP contribution in [0.5, 0.6) is 0 Å². The molecule has 0 aromatic heterocycles. The molecule has 0 aliphatic heterocycles. The maximum Gasteiger partial charge on any atom is 0.345 e. The van der Waals surface area contributed by atoms with Gasteiger partial charge in [0.05, 0.1) is 24.9 Å². The van der Waals surface area contributed by atoms with Crippen molar-refractivity contribution in [3.63, 3.8) is 0 Å². The van der Waals surface area contributed by atoms with Crippen LogP contribution in [0.2, 0.25) is 0 Å². The Bertz CT molecular complexity index is 175. The van der Waals surface area contributed by atoms with Gasteiger partial charge in [0.15, 0.2) is 6.86 Å². The van der Waals surface area contributed by atoms with Gasteiger partial charge in [-0.05, 0) is 48.5 Å². The van der Waals surface area contributed by atoms with Gasteiger partial charge in [0.1, 0.15) is 6.17 Å². The van der Waals surface area contributed by atoms with E-state index in [-0.39, 0.29) is 24.9 Å². The van der Waals surface area contributed by atoms with E-state index in [2.05, 4.69) is 9.47 Å². The van der Waals surface area contributed by atoms with Crippen molar-refractivity contribution in [1.82, 2.24) is 0 Å². The molecule has 0 aliphatic rings. The Morgan fingerprint density at radius 3 is 1.19 bits per heavy atom. The quantitative estimate of drug-likeness (QED) is 0.634. The fourth-order valence-corrected chi connectivity index (χ4v) is 0.657. The molecule has 0 heterocycles. The Morgan fingerprint density at radius 1 is 0.714 bits per heavy atom. The normalized spacial score (nSPS) is 12.1. The number of ether oxygens (including phenoxy) is 3. The molecule has 0 bridgehead atoms. The first-order valence-electron chi connectivity index (χ1n) is 6.89. The summed E-state index contributed by atoms with van der Waals surface area (Å²) in [7, 11) is 0. The molecule has 0 rings (SSSR count). The van der Waals surface area contributed by atoms with Crippen LogP contribution in [0.25, 0.3) is 0 Å². The SMILES string of the molecule is CC(C)OC(F)F.CC(C)OCF.CC(F)COC(C)C. The Hall–Kier alpha value is -0.400. The zero-order valence-electron chi connectivity index (χ0n) is 14.0. The highest BCUT2D eigenvalue weighted by Gasteiger charge is 2.02. The van der Waals surface area contributed by atoms with Gasteiger partial charge in [-0.3, -0.25) is 0 Å². The van der Waals surface area contributed by atoms with Gasteiger partial charge in [-0.25, -0.2) is 8.78 Å². The maximum absolute atomic E-state index is 11.9. The number of alkyl halides is 4. The van der Waals surface area contributed by atoms with Crippen LogP contribution in [-0.2, 0) is 14.2 Å². The van der Waals surface area contributed by atoms with E-state index in [0.717, 1.165) is 0 Å². The molecule has 0 aliphatic carbocycles. The summed E-state index contributed by atoms with van der Waals surface area (Å²) in [6.45, 7) is 8.90. The molecule has 0 saturated carbocycles. The van der Waals surface area contributed by atoms with E-state index in [0.29, 0.717) is 0 Å². The van der Waals surface area contributed by atoms with Crippen LogP contribution in [0.4, 0.5) is 17.6 Å². The third kappa shape index (κ3) is 45.1. The first-order valence-corrected chi connectivity index (χ1v) is 6.89. The van der Waals surface area contributed by atoms with Crippen molar-refractivity contribution in [1.29, 1.82) is 0 Å². The molecule has 0 saturated heterocycles. The van der Waals surface area contributed by atoms with Gasteiger partial charge in [-0.2, -0.15) is 8.78 Å². The smallest absolute Gasteiger partial charge is 0.345 e. The van der Waals surface area contributed by atoms with Crippen molar-refractivity contribution < 1.29 is 31.8 Å². The van der Waals surface area contributed by atoms with Crippen LogP contribution in [-0.4, -0.2) is 44.6 Å². The molecule has 0 spiro atoms. The van der Waals surface area contributed by atoms with Crippen LogP contribution in [0.3, 0.4) is 0 Å². The van der Waals surface area contributed by atoms with Crippen molar-refractivity contribution in [3.05, 3.63) is 0 Å². The lowest BCUT2D eigenvalue weighted by atomic mass is 10.4. The van der Waals surface area contributed by atoms with Gasteiger partial charge in [0.2, 0.25) is 0 Å². The third-order valence-electron chi connectivity index (χ3n) is 1.43. The molecule has 7 heteroatoms. The summed E-state index contributed by atoms with van der Waals surface area (Å²) in [6.07, 6.45) is -1.04. The van der Waals surface area contributed by atoms with Gasteiger partial charge < -0.3 is 14.2 Å². The van der Waals surface area contributed by atoms with Crippen molar-refractivity contribution in [3.8, 4) is 0 Å². The third-order valence-corrected chi connectivity index (χ3v) is 1.43. The summed E-state index contributed by atoms with van der Waals surface area (Å²) in [4.78, 5) is 0. The van der Waals surface area contributed by atoms with Crippen LogP contribution in [0.15, 0.2) is 0 Å². The fourth-order valence-electron chi connectivity index (χ4n) is 0.657. The summed E-state index contributed by atoms with van der Waals surface area (Å²) >= 11 is 0. The van der Waals surface area contributed by atoms with Crippen LogP contribution in [0.1, 0.15) is 48.5 Å². The van der Waals surface area contributed by atoms with Crippen LogP contribution < -0.4 is 0 Å². The standard InChI is InChI=1S/C6H13FO.C4H8F2O.C4H9FO/c1-5(2)8-4-6(3)7;1-3(2)7-4(5)6;1-4(2)6-3-5/h5-6H,4H2,1-3H3;3-4H,1-2H3;4H,3H2,1-2H3. The molecule has 0 fully saturated rings. The largest absolute Gasteiger partial charge is 0.376 e. The molecule has 132 valence electrons. The summed E-state index contributed by atoms with van der Waals surface area (Å²) < 4.78 is 58.3. The Morgan fingerprint density at radius 2 is 1.14 bits per heavy atom. The molecule has 0 aromatic carbocycles. The van der Waals surface area contributed by atoms with Crippen molar-refractivity contribution in [2.24, 2.45) is 0 Å². The molecule has 1 unspecified atom stereocenters. The first-order chi connectivity index (χ1) is 9.52. The van der Waals surface area contributed by atoms with E-state index in [4.69, 9.17) is 4.74 Å². The monoisotopic (exact) mass is 322 g/mol. The molecule has 1 atom stereocenters. The highest BCUT2D eigenvalue weighted by molar-refractivity contribution is 4.44. The minimum atomic E-state index is -2.63. The summed E-state index contributed by atoms with van der Waals surface area (Å²) in [5, 5.41) is 0. The van der Waals surface area contributed by atoms with Gasteiger partial charge in [-0.1, -0.05) is 0 Å². The van der Waals surface area contributed by atoms with E-state index in [9.17, 15) is 17.6 Å². The second kappa shape index (κ2) is 17.7. The fraction of sp³-hybridized carbons (Fsp3) is 1.00. The van der Waals surface area contributed by atoms with Crippen LogP contribution in [0, 0.1) is 0 Å².